The molecule has 1 aromatic rings. The molecule has 1 unspecified atom stereocenters. The Labute approximate surface area is 128 Å². The molecule has 0 fully saturated rings. The van der Waals surface area contributed by atoms with E-state index in [2.05, 4.69) is 0 Å². The molecule has 0 spiro atoms. The third-order valence-electron chi connectivity index (χ3n) is 3.15. The first-order valence-corrected chi connectivity index (χ1v) is 7.93. The largest absolute Gasteiger partial charge is 0.463 e. The molecule has 0 aromatic heterocycles. The molecule has 1 aliphatic rings. The van der Waals surface area contributed by atoms with E-state index in [-0.39, 0.29) is 19.1 Å². The van der Waals surface area contributed by atoms with E-state index in [1.807, 2.05) is 30.3 Å². The van der Waals surface area contributed by atoms with Crippen LogP contribution < -0.4 is 0 Å². The van der Waals surface area contributed by atoms with Crippen molar-refractivity contribution in [3.8, 4) is 0 Å². The Morgan fingerprint density at radius 3 is 2.33 bits per heavy atom. The highest BCUT2D eigenvalue weighted by atomic mass is 32.2. The van der Waals surface area contributed by atoms with E-state index in [0.717, 1.165) is 5.56 Å². The van der Waals surface area contributed by atoms with Gasteiger partial charge in [-0.1, -0.05) is 30.3 Å². The highest BCUT2D eigenvalue weighted by Gasteiger charge is 2.36. The average molecular weight is 306 g/mol. The predicted molar refractivity (Wildman–Crippen MR) is 81.9 cm³/mol. The van der Waals surface area contributed by atoms with E-state index in [1.165, 1.54) is 11.8 Å². The molecule has 5 heteroatoms. The van der Waals surface area contributed by atoms with Gasteiger partial charge < -0.3 is 9.47 Å². The third-order valence-corrected chi connectivity index (χ3v) is 4.32. The summed E-state index contributed by atoms with van der Waals surface area (Å²) in [6, 6.07) is 9.68. The summed E-state index contributed by atoms with van der Waals surface area (Å²) in [7, 11) is 0. The van der Waals surface area contributed by atoms with Gasteiger partial charge in [0.05, 0.1) is 18.8 Å². The zero-order valence-corrected chi connectivity index (χ0v) is 12.9. The molecule has 0 aliphatic carbocycles. The van der Waals surface area contributed by atoms with Crippen molar-refractivity contribution in [3.63, 3.8) is 0 Å². The first-order valence-electron chi connectivity index (χ1n) is 6.95. The van der Waals surface area contributed by atoms with Crippen molar-refractivity contribution in [2.75, 3.05) is 19.0 Å². The smallest absolute Gasteiger partial charge is 0.345 e. The fraction of sp³-hybridized carbons (Fsp3) is 0.375. The first kappa shape index (κ1) is 15.6. The molecular weight excluding hydrogens is 288 g/mol. The Morgan fingerprint density at radius 1 is 1.10 bits per heavy atom. The van der Waals surface area contributed by atoms with Crippen molar-refractivity contribution >= 4 is 23.7 Å². The second kappa shape index (κ2) is 7.31. The molecule has 1 aromatic carbocycles. The molecule has 4 nitrogen and oxygen atoms in total. The summed E-state index contributed by atoms with van der Waals surface area (Å²) in [5, 5.41) is 0. The van der Waals surface area contributed by atoms with Crippen LogP contribution in [0.25, 0.3) is 0 Å². The molecule has 0 bridgehead atoms. The second-order valence-electron chi connectivity index (χ2n) is 4.46. The molecule has 1 atom stereocenters. The zero-order valence-electron chi connectivity index (χ0n) is 12.1. The van der Waals surface area contributed by atoms with Gasteiger partial charge in [0.15, 0.2) is 0 Å². The minimum atomic E-state index is -0.441. The van der Waals surface area contributed by atoms with Crippen molar-refractivity contribution in [3.05, 3.63) is 46.4 Å². The van der Waals surface area contributed by atoms with Crippen LogP contribution in [0.2, 0.25) is 0 Å². The van der Waals surface area contributed by atoms with E-state index >= 15 is 0 Å². The van der Waals surface area contributed by atoms with Crippen molar-refractivity contribution in [2.24, 2.45) is 0 Å². The molecule has 1 heterocycles. The molecule has 112 valence electrons. The zero-order chi connectivity index (χ0) is 15.2. The van der Waals surface area contributed by atoms with Crippen LogP contribution >= 0.6 is 11.8 Å². The van der Waals surface area contributed by atoms with Gasteiger partial charge in [0.2, 0.25) is 0 Å². The minimum Gasteiger partial charge on any atom is -0.463 e. The summed E-state index contributed by atoms with van der Waals surface area (Å²) in [4.78, 5) is 24.7. The van der Waals surface area contributed by atoms with Gasteiger partial charge in [-0.25, -0.2) is 9.59 Å². The first-order chi connectivity index (χ1) is 10.2. The van der Waals surface area contributed by atoms with Crippen LogP contribution in [0.1, 0.15) is 25.3 Å². The summed E-state index contributed by atoms with van der Waals surface area (Å²) in [5.41, 5.74) is 1.43. The van der Waals surface area contributed by atoms with Crippen molar-refractivity contribution in [2.45, 2.75) is 19.8 Å². The lowest BCUT2D eigenvalue weighted by Gasteiger charge is -2.14. The van der Waals surface area contributed by atoms with Crippen LogP contribution in [-0.4, -0.2) is 30.9 Å². The molecule has 0 N–H and O–H groups in total. The number of carbonyl (C=O) groups excluding carboxylic acids is 2. The van der Waals surface area contributed by atoms with Crippen LogP contribution in [0.4, 0.5) is 0 Å². The topological polar surface area (TPSA) is 52.6 Å². The van der Waals surface area contributed by atoms with E-state index in [9.17, 15) is 9.59 Å². The number of carbonyl (C=O) groups is 2. The highest BCUT2D eigenvalue weighted by Crippen LogP contribution is 2.43. The van der Waals surface area contributed by atoms with Gasteiger partial charge in [0.1, 0.15) is 4.91 Å². The maximum atomic E-state index is 12.2. The molecule has 0 saturated heterocycles. The number of esters is 2. The van der Waals surface area contributed by atoms with Gasteiger partial charge in [0, 0.05) is 11.7 Å². The van der Waals surface area contributed by atoms with Crippen LogP contribution in [0.3, 0.4) is 0 Å². The number of benzene rings is 1. The summed E-state index contributed by atoms with van der Waals surface area (Å²) in [6.45, 7) is 4.07. The Morgan fingerprint density at radius 2 is 1.71 bits per heavy atom. The molecule has 21 heavy (non-hydrogen) atoms. The van der Waals surface area contributed by atoms with Gasteiger partial charge in [-0.2, -0.15) is 0 Å². The number of ether oxygens (including phenoxy) is 2. The molecule has 2 rings (SSSR count). The summed E-state index contributed by atoms with van der Waals surface area (Å²) in [6.07, 6.45) is 0. The van der Waals surface area contributed by atoms with Gasteiger partial charge >= 0.3 is 11.9 Å². The van der Waals surface area contributed by atoms with E-state index in [4.69, 9.17) is 9.47 Å². The standard InChI is InChI=1S/C16H18O4S/c1-3-19-15(17)13-12(11-8-6-5-7-9-11)10-21-14(13)16(18)20-4-2/h5-9,12H,3-4,10H2,1-2H3. The normalized spacial score (nSPS) is 17.7. The Kier molecular flexibility index (Phi) is 5.44. The SMILES string of the molecule is CCOC(=O)C1=C(C(=O)OCC)C(c2ccccc2)CS1. The maximum Gasteiger partial charge on any atom is 0.345 e. The van der Waals surface area contributed by atoms with Crippen LogP contribution in [0.15, 0.2) is 40.8 Å². The maximum absolute atomic E-state index is 12.2. The van der Waals surface area contributed by atoms with E-state index in [0.29, 0.717) is 16.2 Å². The number of hydrogen-bond acceptors (Lipinski definition) is 5. The fourth-order valence-corrected chi connectivity index (χ4v) is 3.49. The van der Waals surface area contributed by atoms with Gasteiger partial charge in [-0.3, -0.25) is 0 Å². The minimum absolute atomic E-state index is 0.130. The lowest BCUT2D eigenvalue weighted by molar-refractivity contribution is -0.141. The Hall–Kier alpha value is -1.75. The van der Waals surface area contributed by atoms with Crippen molar-refractivity contribution in [1.82, 2.24) is 0 Å². The van der Waals surface area contributed by atoms with E-state index < -0.39 is 11.9 Å². The van der Waals surface area contributed by atoms with Crippen molar-refractivity contribution in [1.29, 1.82) is 0 Å². The summed E-state index contributed by atoms with van der Waals surface area (Å²) >= 11 is 1.36. The predicted octanol–water partition coefficient (Wildman–Crippen LogP) is 2.90. The molecule has 0 amide bonds. The van der Waals surface area contributed by atoms with Gasteiger partial charge in [0.25, 0.3) is 0 Å². The summed E-state index contributed by atoms with van der Waals surface area (Å²) in [5.74, 6) is -0.357. The Bertz CT molecular complexity index is 551. The molecule has 0 radical (unpaired) electrons. The van der Waals surface area contributed by atoms with Gasteiger partial charge in [-0.15, -0.1) is 11.8 Å². The average Bonchev–Trinajstić information content (AvgIpc) is 2.93. The van der Waals surface area contributed by atoms with Crippen LogP contribution in [-0.2, 0) is 19.1 Å². The second-order valence-corrected chi connectivity index (χ2v) is 5.49. The highest BCUT2D eigenvalue weighted by molar-refractivity contribution is 8.04. The number of hydrogen-bond donors (Lipinski definition) is 0. The van der Waals surface area contributed by atoms with Crippen molar-refractivity contribution < 1.29 is 19.1 Å². The lowest BCUT2D eigenvalue weighted by atomic mass is 9.92. The molecule has 1 aliphatic heterocycles. The van der Waals surface area contributed by atoms with Crippen LogP contribution in [0, 0.1) is 0 Å². The number of thioether (sulfide) groups is 1. The lowest BCUT2D eigenvalue weighted by Crippen LogP contribution is -2.17. The van der Waals surface area contributed by atoms with Crippen LogP contribution in [0.5, 0.6) is 0 Å². The van der Waals surface area contributed by atoms with E-state index in [1.54, 1.807) is 13.8 Å². The quantitative estimate of drug-likeness (QED) is 0.783. The Balaban J connectivity index is 2.38. The molecule has 0 saturated carbocycles. The number of rotatable bonds is 5. The van der Waals surface area contributed by atoms with Gasteiger partial charge in [-0.05, 0) is 19.4 Å². The third kappa shape index (κ3) is 3.47. The fourth-order valence-electron chi connectivity index (χ4n) is 2.24. The monoisotopic (exact) mass is 306 g/mol. The summed E-state index contributed by atoms with van der Waals surface area (Å²) < 4.78 is 10.2. The molecular formula is C16H18O4S.